The average molecular weight is 370 g/mol. The lowest BCUT2D eigenvalue weighted by Gasteiger charge is -2.21. The molecule has 1 atom stereocenters. The highest BCUT2D eigenvalue weighted by Crippen LogP contribution is 2.31. The van der Waals surface area contributed by atoms with E-state index in [-0.39, 0.29) is 23.8 Å². The number of H-pyrrole nitrogens is 1. The molecular formula is C17H21F3N4O2. The Labute approximate surface area is 147 Å². The Balaban J connectivity index is 1.87. The first-order chi connectivity index (χ1) is 12.3. The van der Waals surface area contributed by atoms with Crippen molar-refractivity contribution in [3.63, 3.8) is 0 Å². The van der Waals surface area contributed by atoms with E-state index in [0.717, 1.165) is 25.7 Å². The predicted octanol–water partition coefficient (Wildman–Crippen LogP) is 2.45. The Morgan fingerprint density at radius 3 is 2.65 bits per heavy atom. The van der Waals surface area contributed by atoms with Crippen molar-refractivity contribution in [2.45, 2.75) is 50.4 Å². The second-order valence-corrected chi connectivity index (χ2v) is 6.62. The molecule has 2 aromatic rings. The number of alkyl halides is 3. The fourth-order valence-corrected chi connectivity index (χ4v) is 3.52. The Morgan fingerprint density at radius 2 is 2.04 bits per heavy atom. The maximum Gasteiger partial charge on any atom is 0.408 e. The summed E-state index contributed by atoms with van der Waals surface area (Å²) in [6.07, 6.45) is -1.01. The second kappa shape index (κ2) is 7.14. The fraction of sp³-hybridized carbons (Fsp3) is 0.529. The van der Waals surface area contributed by atoms with Crippen molar-refractivity contribution >= 4 is 16.9 Å². The average Bonchev–Trinajstić information content (AvgIpc) is 3.18. The molecule has 0 spiro atoms. The van der Waals surface area contributed by atoms with Crippen LogP contribution in [-0.4, -0.2) is 34.2 Å². The number of carbonyl (C=O) groups is 1. The lowest BCUT2D eigenvalue weighted by molar-refractivity contribution is -0.154. The van der Waals surface area contributed by atoms with Gasteiger partial charge in [0.25, 0.3) is 5.91 Å². The van der Waals surface area contributed by atoms with Gasteiger partial charge < -0.3 is 16.0 Å². The molecule has 0 saturated heterocycles. The number of aromatic amines is 1. The summed E-state index contributed by atoms with van der Waals surface area (Å²) in [5, 5.41) is 1.97. The van der Waals surface area contributed by atoms with Crippen LogP contribution in [0.25, 0.3) is 11.0 Å². The number of fused-ring (bicyclic) bond motifs is 1. The molecule has 1 amide bonds. The highest BCUT2D eigenvalue weighted by Gasteiger charge is 2.40. The van der Waals surface area contributed by atoms with E-state index >= 15 is 0 Å². The van der Waals surface area contributed by atoms with Gasteiger partial charge in [-0.2, -0.15) is 13.2 Å². The van der Waals surface area contributed by atoms with Crippen LogP contribution < -0.4 is 16.7 Å². The topological polar surface area (TPSA) is 92.9 Å². The molecule has 1 aromatic heterocycles. The molecule has 1 unspecified atom stereocenters. The highest BCUT2D eigenvalue weighted by atomic mass is 19.4. The van der Waals surface area contributed by atoms with Gasteiger partial charge in [0.2, 0.25) is 0 Å². The van der Waals surface area contributed by atoms with Gasteiger partial charge >= 0.3 is 11.9 Å². The lowest BCUT2D eigenvalue weighted by atomic mass is 10.1. The number of hydrogen-bond donors (Lipinski definition) is 3. The fourth-order valence-electron chi connectivity index (χ4n) is 3.52. The van der Waals surface area contributed by atoms with Crippen LogP contribution in [-0.2, 0) is 0 Å². The zero-order valence-corrected chi connectivity index (χ0v) is 14.1. The molecule has 0 bridgehead atoms. The second-order valence-electron chi connectivity index (χ2n) is 6.62. The third-order valence-electron chi connectivity index (χ3n) is 4.82. The molecule has 6 nitrogen and oxygen atoms in total. The Kier molecular flexibility index (Phi) is 5.08. The van der Waals surface area contributed by atoms with Crippen LogP contribution >= 0.6 is 0 Å². The van der Waals surface area contributed by atoms with Crippen LogP contribution in [0.15, 0.2) is 23.0 Å². The number of amides is 1. The number of imidazole rings is 1. The molecule has 9 heteroatoms. The number of carbonyl (C=O) groups excluding carboxylic acids is 1. The molecule has 4 N–H and O–H groups in total. The first-order valence-corrected chi connectivity index (χ1v) is 8.63. The molecule has 1 aliphatic rings. The number of aromatic nitrogens is 2. The van der Waals surface area contributed by atoms with E-state index in [1.807, 2.05) is 5.32 Å². The van der Waals surface area contributed by atoms with Crippen molar-refractivity contribution in [3.05, 3.63) is 34.2 Å². The van der Waals surface area contributed by atoms with E-state index in [4.69, 9.17) is 5.73 Å². The summed E-state index contributed by atoms with van der Waals surface area (Å²) < 4.78 is 40.5. The van der Waals surface area contributed by atoms with Gasteiger partial charge in [-0.25, -0.2) is 4.79 Å². The monoisotopic (exact) mass is 370 g/mol. The van der Waals surface area contributed by atoms with Crippen molar-refractivity contribution in [1.82, 2.24) is 14.9 Å². The minimum atomic E-state index is -4.57. The van der Waals surface area contributed by atoms with Crippen LogP contribution in [0.2, 0.25) is 0 Å². The number of nitrogens with zero attached hydrogens (tertiary/aromatic N) is 1. The number of halogens is 3. The summed E-state index contributed by atoms with van der Waals surface area (Å²) in [5.41, 5.74) is 6.10. The normalized spacial score (nSPS) is 16.9. The minimum absolute atomic E-state index is 0.0589. The minimum Gasteiger partial charge on any atom is -0.340 e. The highest BCUT2D eigenvalue weighted by molar-refractivity contribution is 5.97. The Hall–Kier alpha value is -2.29. The first-order valence-electron chi connectivity index (χ1n) is 8.63. The molecule has 0 aliphatic heterocycles. The van der Waals surface area contributed by atoms with Crippen molar-refractivity contribution in [1.29, 1.82) is 0 Å². The summed E-state index contributed by atoms with van der Waals surface area (Å²) in [5.74, 6) is -0.850. The van der Waals surface area contributed by atoms with Gasteiger partial charge in [0.15, 0.2) is 0 Å². The molecular weight excluding hydrogens is 349 g/mol. The van der Waals surface area contributed by atoms with E-state index < -0.39 is 24.5 Å². The predicted molar refractivity (Wildman–Crippen MR) is 91.0 cm³/mol. The van der Waals surface area contributed by atoms with Gasteiger partial charge in [0, 0.05) is 11.6 Å². The number of hydrogen-bond acceptors (Lipinski definition) is 3. The largest absolute Gasteiger partial charge is 0.408 e. The van der Waals surface area contributed by atoms with E-state index in [0.29, 0.717) is 11.0 Å². The van der Waals surface area contributed by atoms with Crippen LogP contribution in [0, 0.1) is 0 Å². The zero-order chi connectivity index (χ0) is 18.9. The van der Waals surface area contributed by atoms with Crippen LogP contribution in [0.3, 0.4) is 0 Å². The number of nitrogens with two attached hydrogens (primary N) is 1. The third-order valence-corrected chi connectivity index (χ3v) is 4.82. The van der Waals surface area contributed by atoms with Gasteiger partial charge in [0.05, 0.1) is 11.0 Å². The van der Waals surface area contributed by atoms with Crippen molar-refractivity contribution < 1.29 is 18.0 Å². The summed E-state index contributed by atoms with van der Waals surface area (Å²) >= 11 is 0. The number of benzene rings is 1. The van der Waals surface area contributed by atoms with Gasteiger partial charge in [-0.05, 0) is 44.0 Å². The molecule has 1 heterocycles. The van der Waals surface area contributed by atoms with Crippen LogP contribution in [0.1, 0.15) is 48.5 Å². The van der Waals surface area contributed by atoms with E-state index in [2.05, 4.69) is 4.98 Å². The summed E-state index contributed by atoms with van der Waals surface area (Å²) in [4.78, 5) is 27.2. The van der Waals surface area contributed by atoms with Crippen LogP contribution in [0.5, 0.6) is 0 Å². The standard InChI is InChI=1S/C17H21F3N4O2/c18-17(19,20)14(7-8-21)23-15(25)10-5-6-13-12(9-10)22-16(26)24(13)11-3-1-2-4-11/h5-6,9,11,14H,1-4,7-8,21H2,(H,22,26)(H,23,25). The quantitative estimate of drug-likeness (QED) is 0.755. The van der Waals surface area contributed by atoms with Crippen molar-refractivity contribution in [2.75, 3.05) is 6.54 Å². The maximum atomic E-state index is 12.9. The molecule has 1 saturated carbocycles. The molecule has 1 aliphatic carbocycles. The third kappa shape index (κ3) is 3.62. The van der Waals surface area contributed by atoms with E-state index in [9.17, 15) is 22.8 Å². The van der Waals surface area contributed by atoms with Gasteiger partial charge in [-0.3, -0.25) is 9.36 Å². The van der Waals surface area contributed by atoms with E-state index in [1.54, 1.807) is 10.6 Å². The maximum absolute atomic E-state index is 12.9. The van der Waals surface area contributed by atoms with Crippen LogP contribution in [0.4, 0.5) is 13.2 Å². The SMILES string of the molecule is NCCC(NC(=O)c1ccc2c(c1)[nH]c(=O)n2C1CCCC1)C(F)(F)F. The lowest BCUT2D eigenvalue weighted by Crippen LogP contribution is -2.46. The number of nitrogens with one attached hydrogen (secondary N) is 2. The van der Waals surface area contributed by atoms with Crippen molar-refractivity contribution in [3.8, 4) is 0 Å². The summed E-state index contributed by atoms with van der Waals surface area (Å²) in [7, 11) is 0. The summed E-state index contributed by atoms with van der Waals surface area (Å²) in [6, 6.07) is 2.57. The zero-order valence-electron chi connectivity index (χ0n) is 14.1. The molecule has 3 rings (SSSR count). The molecule has 142 valence electrons. The van der Waals surface area contributed by atoms with Gasteiger partial charge in [-0.15, -0.1) is 0 Å². The van der Waals surface area contributed by atoms with Gasteiger partial charge in [-0.1, -0.05) is 12.8 Å². The Morgan fingerprint density at radius 1 is 1.35 bits per heavy atom. The first kappa shape index (κ1) is 18.5. The molecule has 1 fully saturated rings. The molecule has 0 radical (unpaired) electrons. The summed E-state index contributed by atoms with van der Waals surface area (Å²) in [6.45, 7) is -0.193. The number of rotatable bonds is 5. The molecule has 26 heavy (non-hydrogen) atoms. The smallest absolute Gasteiger partial charge is 0.340 e. The Bertz CT molecular complexity index is 850. The van der Waals surface area contributed by atoms with Gasteiger partial charge in [0.1, 0.15) is 6.04 Å². The van der Waals surface area contributed by atoms with Crippen molar-refractivity contribution in [2.24, 2.45) is 5.73 Å². The molecule has 1 aromatic carbocycles. The van der Waals surface area contributed by atoms with E-state index in [1.165, 1.54) is 12.1 Å².